The summed E-state index contributed by atoms with van der Waals surface area (Å²) in [5.41, 5.74) is 3.41. The summed E-state index contributed by atoms with van der Waals surface area (Å²) in [6.07, 6.45) is 4.99. The molecule has 1 saturated carbocycles. The van der Waals surface area contributed by atoms with Gasteiger partial charge in [-0.3, -0.25) is 0 Å². The fraction of sp³-hybridized carbons (Fsp3) is 0.375. The summed E-state index contributed by atoms with van der Waals surface area (Å²) in [6.45, 7) is 2.16. The van der Waals surface area contributed by atoms with Crippen molar-refractivity contribution in [2.24, 2.45) is 5.92 Å². The molecule has 3 aliphatic rings. The highest BCUT2D eigenvalue weighted by Crippen LogP contribution is 2.57. The maximum Gasteiger partial charge on any atom is 0.339 e. The van der Waals surface area contributed by atoms with Crippen LogP contribution >= 0.6 is 0 Å². The number of allylic oxidation sites excluding steroid dienone is 2. The van der Waals surface area contributed by atoms with Gasteiger partial charge in [0, 0.05) is 28.2 Å². The van der Waals surface area contributed by atoms with Crippen LogP contribution in [0.1, 0.15) is 62.1 Å². The summed E-state index contributed by atoms with van der Waals surface area (Å²) >= 11 is 0. The maximum absolute atomic E-state index is 13.9. The molecule has 2 aromatic carbocycles. The van der Waals surface area contributed by atoms with E-state index >= 15 is 0 Å². The highest BCUT2D eigenvalue weighted by atomic mass is 16.5. The van der Waals surface area contributed by atoms with E-state index in [9.17, 15) is 9.59 Å². The largest absolute Gasteiger partial charge is 0.496 e. The number of hydrogen-bond donors (Lipinski definition) is 0. The van der Waals surface area contributed by atoms with Crippen LogP contribution in [0, 0.1) is 5.92 Å². The number of unbranched alkanes of at least 4 members (excludes halogenated alkanes) is 1. The Labute approximate surface area is 223 Å². The van der Waals surface area contributed by atoms with Gasteiger partial charge in [0.1, 0.15) is 17.1 Å². The molecule has 1 aliphatic carbocycles. The van der Waals surface area contributed by atoms with Gasteiger partial charge in [-0.25, -0.2) is 9.59 Å². The van der Waals surface area contributed by atoms with Gasteiger partial charge in [-0.2, -0.15) is 0 Å². The van der Waals surface area contributed by atoms with E-state index in [1.165, 1.54) is 14.2 Å². The number of methoxy groups -OCH3 is 3. The van der Waals surface area contributed by atoms with Crippen LogP contribution in [0.15, 0.2) is 82.6 Å². The van der Waals surface area contributed by atoms with Crippen molar-refractivity contribution in [2.75, 3.05) is 21.3 Å². The topological polar surface area (TPSA) is 71.1 Å². The number of fused-ring (bicyclic) bond motifs is 6. The van der Waals surface area contributed by atoms with E-state index in [1.807, 2.05) is 54.6 Å². The predicted octanol–water partition coefficient (Wildman–Crippen LogP) is 6.22. The molecule has 0 spiro atoms. The minimum Gasteiger partial charge on any atom is -0.496 e. The Morgan fingerprint density at radius 2 is 1.68 bits per heavy atom. The van der Waals surface area contributed by atoms with Crippen LogP contribution in [-0.2, 0) is 34.1 Å². The normalized spacial score (nSPS) is 27.8. The molecule has 6 nitrogen and oxygen atoms in total. The van der Waals surface area contributed by atoms with E-state index in [0.29, 0.717) is 12.2 Å². The molecule has 6 heteroatoms. The monoisotopic (exact) mass is 514 g/mol. The molecule has 2 aliphatic heterocycles. The zero-order valence-electron chi connectivity index (χ0n) is 22.5. The van der Waals surface area contributed by atoms with Crippen LogP contribution < -0.4 is 0 Å². The Morgan fingerprint density at radius 1 is 0.974 bits per heavy atom. The molecule has 0 saturated heterocycles. The van der Waals surface area contributed by atoms with Crippen LogP contribution in [-0.4, -0.2) is 33.3 Å². The molecule has 2 unspecified atom stereocenters. The zero-order valence-corrected chi connectivity index (χ0v) is 22.5. The van der Waals surface area contributed by atoms with Crippen LogP contribution in [0.4, 0.5) is 0 Å². The Kier molecular flexibility index (Phi) is 7.15. The van der Waals surface area contributed by atoms with Crippen molar-refractivity contribution in [3.8, 4) is 0 Å². The van der Waals surface area contributed by atoms with E-state index in [0.717, 1.165) is 65.7 Å². The van der Waals surface area contributed by atoms with Crippen LogP contribution in [0.3, 0.4) is 0 Å². The van der Waals surface area contributed by atoms with E-state index in [4.69, 9.17) is 18.9 Å². The van der Waals surface area contributed by atoms with Gasteiger partial charge in [0.05, 0.1) is 26.9 Å². The van der Waals surface area contributed by atoms with E-state index in [-0.39, 0.29) is 17.1 Å². The Bertz CT molecular complexity index is 1350. The summed E-state index contributed by atoms with van der Waals surface area (Å²) in [4.78, 5) is 27.6. The second-order valence-electron chi connectivity index (χ2n) is 9.88. The number of carbonyl (C=O) groups excluding carboxylic acids is 2. The molecule has 2 atom stereocenters. The highest BCUT2D eigenvalue weighted by Gasteiger charge is 2.56. The molecule has 2 heterocycles. The molecule has 0 amide bonds. The summed E-state index contributed by atoms with van der Waals surface area (Å²) in [5, 5.41) is 0. The number of ether oxygens (including phenoxy) is 4. The first-order valence-corrected chi connectivity index (χ1v) is 13.3. The third-order valence-corrected chi connectivity index (χ3v) is 7.93. The maximum atomic E-state index is 13.9. The smallest absolute Gasteiger partial charge is 0.339 e. The van der Waals surface area contributed by atoms with Crippen LogP contribution in [0.25, 0.3) is 5.76 Å². The average Bonchev–Trinajstić information content (AvgIpc) is 3.57. The highest BCUT2D eigenvalue weighted by molar-refractivity contribution is 6.04. The van der Waals surface area contributed by atoms with Gasteiger partial charge in [0.15, 0.2) is 5.60 Å². The molecule has 0 aromatic heterocycles. The minimum absolute atomic E-state index is 0.164. The van der Waals surface area contributed by atoms with Gasteiger partial charge in [0.2, 0.25) is 0 Å². The summed E-state index contributed by atoms with van der Waals surface area (Å²) in [7, 11) is 4.36. The van der Waals surface area contributed by atoms with Crippen LogP contribution in [0.2, 0.25) is 0 Å². The summed E-state index contributed by atoms with van der Waals surface area (Å²) in [6, 6.07) is 17.5. The van der Waals surface area contributed by atoms with Crippen molar-refractivity contribution >= 4 is 17.7 Å². The van der Waals surface area contributed by atoms with Crippen molar-refractivity contribution in [3.05, 3.63) is 99.3 Å². The fourth-order valence-corrected chi connectivity index (χ4v) is 6.33. The van der Waals surface area contributed by atoms with Crippen molar-refractivity contribution in [3.63, 3.8) is 0 Å². The van der Waals surface area contributed by atoms with E-state index < -0.39 is 17.5 Å². The average molecular weight is 515 g/mol. The third-order valence-electron chi connectivity index (χ3n) is 7.93. The summed E-state index contributed by atoms with van der Waals surface area (Å²) in [5.74, 6) is -0.110. The van der Waals surface area contributed by atoms with Crippen molar-refractivity contribution in [1.29, 1.82) is 0 Å². The van der Waals surface area contributed by atoms with Gasteiger partial charge >= 0.3 is 11.9 Å². The molecule has 2 aromatic rings. The predicted molar refractivity (Wildman–Crippen MR) is 144 cm³/mol. The molecule has 0 radical (unpaired) electrons. The number of rotatable bonds is 7. The lowest BCUT2D eigenvalue weighted by Gasteiger charge is -2.34. The van der Waals surface area contributed by atoms with Gasteiger partial charge in [-0.05, 0) is 37.7 Å². The molecule has 5 rings (SSSR count). The second kappa shape index (κ2) is 10.5. The number of hydrogen-bond acceptors (Lipinski definition) is 6. The lowest BCUT2D eigenvalue weighted by atomic mass is 9.74. The quantitative estimate of drug-likeness (QED) is 0.409. The first-order valence-electron chi connectivity index (χ1n) is 13.3. The molecule has 2 bridgehead atoms. The summed E-state index contributed by atoms with van der Waals surface area (Å²) < 4.78 is 24.0. The molecule has 0 N–H and O–H groups in total. The Balaban J connectivity index is 2.02. The second-order valence-corrected chi connectivity index (χ2v) is 9.88. The fourth-order valence-electron chi connectivity index (χ4n) is 6.33. The Hall–Kier alpha value is -3.80. The third kappa shape index (κ3) is 3.85. The van der Waals surface area contributed by atoms with E-state index in [2.05, 4.69) is 6.92 Å². The number of benzene rings is 2. The van der Waals surface area contributed by atoms with Gasteiger partial charge < -0.3 is 18.9 Å². The van der Waals surface area contributed by atoms with E-state index in [1.54, 1.807) is 7.11 Å². The zero-order chi connectivity index (χ0) is 26.9. The van der Waals surface area contributed by atoms with Crippen molar-refractivity contribution in [1.82, 2.24) is 0 Å². The number of carbonyl (C=O) groups is 2. The Morgan fingerprint density at radius 3 is 2.37 bits per heavy atom. The van der Waals surface area contributed by atoms with Gasteiger partial charge in [-0.1, -0.05) is 67.9 Å². The van der Waals surface area contributed by atoms with Crippen LogP contribution in [0.5, 0.6) is 0 Å². The molecule has 1 fully saturated rings. The molecule has 38 heavy (non-hydrogen) atoms. The first kappa shape index (κ1) is 25.8. The lowest BCUT2D eigenvalue weighted by Crippen LogP contribution is -2.37. The van der Waals surface area contributed by atoms with Gasteiger partial charge in [0.25, 0.3) is 0 Å². The molecular formula is C32H34O6. The molecule has 198 valence electrons. The number of esters is 2. The van der Waals surface area contributed by atoms with Crippen molar-refractivity contribution in [2.45, 2.75) is 51.0 Å². The van der Waals surface area contributed by atoms with Gasteiger partial charge in [-0.15, -0.1) is 0 Å². The first-order chi connectivity index (χ1) is 18.5. The van der Waals surface area contributed by atoms with Crippen molar-refractivity contribution < 1.29 is 28.5 Å². The minimum atomic E-state index is -1.40. The lowest BCUT2D eigenvalue weighted by molar-refractivity contribution is -0.141. The SMILES string of the molecule is CCCCC1=C2/OC(c3ccccc3)(/C(C(=O)OC)=C(/C(=O)OC)C3CCC\C3=C\1OC)c1ccccc12. The standard InChI is InChI=1S/C32H34O6/c1-5-6-15-24-28(35-2)22-18-12-17-21(22)26(30(33)36-3)27(31(34)37-4)32(20-13-8-7-9-14-20)25-19-11-10-16-23(25)29(24)38-32/h7-11,13-14,16,19,21H,5-6,12,15,17-18H2,1-4H3/b27-26+,28-22+,29-24-. The molecular weight excluding hydrogens is 480 g/mol.